The molecule has 0 saturated carbocycles. The molecule has 0 fully saturated rings. The second-order valence-corrected chi connectivity index (χ2v) is 5.42. The lowest BCUT2D eigenvalue weighted by atomic mass is 10.0. The van der Waals surface area contributed by atoms with Gasteiger partial charge in [0.1, 0.15) is 0 Å². The van der Waals surface area contributed by atoms with Crippen LogP contribution in [0.15, 0.2) is 54.6 Å². The zero-order valence-electron chi connectivity index (χ0n) is 13.3. The van der Waals surface area contributed by atoms with Gasteiger partial charge in [0, 0.05) is 25.3 Å². The van der Waals surface area contributed by atoms with E-state index < -0.39 is 0 Å². The minimum atomic E-state index is 0.421. The molecular weight excluding hydrogens is 256 g/mol. The van der Waals surface area contributed by atoms with Crippen LogP contribution < -0.4 is 10.2 Å². The van der Waals surface area contributed by atoms with Crippen molar-refractivity contribution in [3.05, 3.63) is 65.7 Å². The van der Waals surface area contributed by atoms with Gasteiger partial charge >= 0.3 is 0 Å². The molecule has 2 rings (SSSR count). The summed E-state index contributed by atoms with van der Waals surface area (Å²) < 4.78 is 0. The first-order valence-electron chi connectivity index (χ1n) is 7.83. The molecule has 0 bridgehead atoms. The van der Waals surface area contributed by atoms with Crippen LogP contribution in [0.25, 0.3) is 0 Å². The Morgan fingerprint density at radius 2 is 1.62 bits per heavy atom. The normalized spacial score (nSPS) is 12.1. The van der Waals surface area contributed by atoms with Crippen molar-refractivity contribution in [1.82, 2.24) is 5.32 Å². The van der Waals surface area contributed by atoms with Gasteiger partial charge in [-0.05, 0) is 30.2 Å². The number of para-hydroxylation sites is 1. The van der Waals surface area contributed by atoms with Crippen LogP contribution in [0.1, 0.15) is 37.4 Å². The summed E-state index contributed by atoms with van der Waals surface area (Å²) in [6.45, 7) is 6.33. The van der Waals surface area contributed by atoms with Crippen molar-refractivity contribution in [1.29, 1.82) is 0 Å². The van der Waals surface area contributed by atoms with Gasteiger partial charge in [0.05, 0.1) is 0 Å². The Bertz CT molecular complexity index is 536. The Hall–Kier alpha value is -1.80. The van der Waals surface area contributed by atoms with E-state index in [0.717, 1.165) is 19.5 Å². The maximum absolute atomic E-state index is 3.58. The van der Waals surface area contributed by atoms with Crippen molar-refractivity contribution in [3.63, 3.8) is 0 Å². The van der Waals surface area contributed by atoms with E-state index in [2.05, 4.69) is 85.7 Å². The average Bonchev–Trinajstić information content (AvgIpc) is 2.53. The number of hydrogen-bond acceptors (Lipinski definition) is 2. The summed E-state index contributed by atoms with van der Waals surface area (Å²) in [5, 5.41) is 3.58. The summed E-state index contributed by atoms with van der Waals surface area (Å²) in [6, 6.07) is 19.8. The van der Waals surface area contributed by atoms with Crippen LogP contribution in [-0.2, 0) is 6.54 Å². The molecule has 2 aromatic carbocycles. The molecule has 0 saturated heterocycles. The number of benzene rings is 2. The molecule has 0 aliphatic rings. The lowest BCUT2D eigenvalue weighted by molar-refractivity contribution is 0.537. The van der Waals surface area contributed by atoms with Crippen molar-refractivity contribution in [2.75, 3.05) is 18.5 Å². The standard InChI is InChI=1S/C19H26N2/c1-4-18(20-5-2)17-13-9-10-14-19(17)21(3)15-16-11-7-6-8-12-16/h6-14,18,20H,4-5,15H2,1-3H3. The van der Waals surface area contributed by atoms with Gasteiger partial charge in [0.25, 0.3) is 0 Å². The van der Waals surface area contributed by atoms with E-state index in [9.17, 15) is 0 Å². The summed E-state index contributed by atoms with van der Waals surface area (Å²) >= 11 is 0. The highest BCUT2D eigenvalue weighted by Crippen LogP contribution is 2.28. The molecule has 0 aromatic heterocycles. The number of nitrogens with zero attached hydrogens (tertiary/aromatic N) is 1. The fourth-order valence-electron chi connectivity index (χ4n) is 2.79. The van der Waals surface area contributed by atoms with Crippen LogP contribution in [0, 0.1) is 0 Å². The highest BCUT2D eigenvalue weighted by atomic mass is 15.1. The molecular formula is C19H26N2. The van der Waals surface area contributed by atoms with E-state index in [4.69, 9.17) is 0 Å². The summed E-state index contributed by atoms with van der Waals surface area (Å²) in [5.41, 5.74) is 4.04. The first-order valence-corrected chi connectivity index (χ1v) is 7.83. The SMILES string of the molecule is CCNC(CC)c1ccccc1N(C)Cc1ccccc1. The molecule has 21 heavy (non-hydrogen) atoms. The third-order valence-electron chi connectivity index (χ3n) is 3.84. The highest BCUT2D eigenvalue weighted by Gasteiger charge is 2.14. The number of nitrogens with one attached hydrogen (secondary N) is 1. The van der Waals surface area contributed by atoms with Gasteiger partial charge in [-0.1, -0.05) is 62.4 Å². The molecule has 0 radical (unpaired) electrons. The fourth-order valence-corrected chi connectivity index (χ4v) is 2.79. The van der Waals surface area contributed by atoms with E-state index in [1.165, 1.54) is 16.8 Å². The smallest absolute Gasteiger partial charge is 0.0426 e. The van der Waals surface area contributed by atoms with Gasteiger partial charge < -0.3 is 10.2 Å². The van der Waals surface area contributed by atoms with Crippen LogP contribution in [0.2, 0.25) is 0 Å². The van der Waals surface area contributed by atoms with Crippen molar-refractivity contribution >= 4 is 5.69 Å². The fraction of sp³-hybridized carbons (Fsp3) is 0.368. The van der Waals surface area contributed by atoms with Crippen molar-refractivity contribution in [3.8, 4) is 0 Å². The number of anilines is 1. The average molecular weight is 282 g/mol. The molecule has 0 aliphatic carbocycles. The van der Waals surface area contributed by atoms with Gasteiger partial charge in [-0.25, -0.2) is 0 Å². The summed E-state index contributed by atoms with van der Waals surface area (Å²) in [4.78, 5) is 2.34. The zero-order chi connectivity index (χ0) is 15.1. The third kappa shape index (κ3) is 4.08. The Balaban J connectivity index is 2.22. The van der Waals surface area contributed by atoms with Crippen LogP contribution in [0.4, 0.5) is 5.69 Å². The van der Waals surface area contributed by atoms with Crippen molar-refractivity contribution < 1.29 is 0 Å². The van der Waals surface area contributed by atoms with Crippen LogP contribution in [-0.4, -0.2) is 13.6 Å². The zero-order valence-corrected chi connectivity index (χ0v) is 13.3. The summed E-state index contributed by atoms with van der Waals surface area (Å²) in [7, 11) is 2.17. The predicted molar refractivity (Wildman–Crippen MR) is 91.7 cm³/mol. The lowest BCUT2D eigenvalue weighted by Crippen LogP contribution is -2.24. The van der Waals surface area contributed by atoms with Crippen molar-refractivity contribution in [2.24, 2.45) is 0 Å². The first kappa shape index (κ1) is 15.6. The minimum Gasteiger partial charge on any atom is -0.370 e. The van der Waals surface area contributed by atoms with Crippen LogP contribution >= 0.6 is 0 Å². The Morgan fingerprint density at radius 1 is 0.952 bits per heavy atom. The van der Waals surface area contributed by atoms with Gasteiger partial charge in [-0.3, -0.25) is 0 Å². The molecule has 2 heteroatoms. The molecule has 1 atom stereocenters. The lowest BCUT2D eigenvalue weighted by Gasteiger charge is -2.26. The summed E-state index contributed by atoms with van der Waals surface area (Å²) in [5.74, 6) is 0. The molecule has 1 unspecified atom stereocenters. The second kappa shape index (κ2) is 7.84. The van der Waals surface area contributed by atoms with E-state index in [1.807, 2.05) is 0 Å². The van der Waals surface area contributed by atoms with Crippen molar-refractivity contribution in [2.45, 2.75) is 32.9 Å². The Kier molecular flexibility index (Phi) is 5.82. The van der Waals surface area contributed by atoms with E-state index in [-0.39, 0.29) is 0 Å². The van der Waals surface area contributed by atoms with Gasteiger partial charge in [-0.15, -0.1) is 0 Å². The van der Waals surface area contributed by atoms with Crippen LogP contribution in [0.5, 0.6) is 0 Å². The quantitative estimate of drug-likeness (QED) is 0.810. The topological polar surface area (TPSA) is 15.3 Å². The molecule has 0 aliphatic heterocycles. The monoisotopic (exact) mass is 282 g/mol. The Morgan fingerprint density at radius 3 is 2.29 bits per heavy atom. The highest BCUT2D eigenvalue weighted by molar-refractivity contribution is 5.54. The third-order valence-corrected chi connectivity index (χ3v) is 3.84. The van der Waals surface area contributed by atoms with Gasteiger partial charge in [-0.2, -0.15) is 0 Å². The largest absolute Gasteiger partial charge is 0.370 e. The summed E-state index contributed by atoms with van der Waals surface area (Å²) in [6.07, 6.45) is 1.10. The maximum Gasteiger partial charge on any atom is 0.0426 e. The van der Waals surface area contributed by atoms with E-state index in [1.54, 1.807) is 0 Å². The predicted octanol–water partition coefficient (Wildman–Crippen LogP) is 4.38. The molecule has 2 nitrogen and oxygen atoms in total. The second-order valence-electron chi connectivity index (χ2n) is 5.42. The maximum atomic E-state index is 3.58. The van der Waals surface area contributed by atoms with Gasteiger partial charge in [0.15, 0.2) is 0 Å². The van der Waals surface area contributed by atoms with Gasteiger partial charge in [0.2, 0.25) is 0 Å². The number of rotatable bonds is 7. The molecule has 112 valence electrons. The minimum absolute atomic E-state index is 0.421. The first-order chi connectivity index (χ1) is 10.3. The van der Waals surface area contributed by atoms with E-state index in [0.29, 0.717) is 6.04 Å². The number of hydrogen-bond donors (Lipinski definition) is 1. The molecule has 0 amide bonds. The molecule has 0 heterocycles. The Labute approximate surface area is 128 Å². The van der Waals surface area contributed by atoms with Crippen LogP contribution in [0.3, 0.4) is 0 Å². The molecule has 1 N–H and O–H groups in total. The van der Waals surface area contributed by atoms with E-state index >= 15 is 0 Å². The molecule has 2 aromatic rings. The molecule has 0 spiro atoms.